The third-order valence-electron chi connectivity index (χ3n) is 3.57. The molecule has 0 saturated heterocycles. The number of nitriles is 1. The van der Waals surface area contributed by atoms with Crippen molar-refractivity contribution in [1.82, 2.24) is 10.2 Å². The molecule has 1 N–H and O–H groups in total. The highest BCUT2D eigenvalue weighted by atomic mass is 16.2. The molecule has 0 radical (unpaired) electrons. The Labute approximate surface area is 121 Å². The standard InChI is InChI=1S/C15H25N3O2/c1-14(2,3)17-12(19)10-18(4)13(20)15(11-16)8-6-5-7-9-15/h5-10H2,1-4H3,(H,17,19). The van der Waals surface area contributed by atoms with Gasteiger partial charge in [-0.3, -0.25) is 9.59 Å². The molecule has 0 aromatic carbocycles. The van der Waals surface area contributed by atoms with E-state index in [1.54, 1.807) is 7.05 Å². The molecule has 5 nitrogen and oxygen atoms in total. The van der Waals surface area contributed by atoms with Gasteiger partial charge in [0.1, 0.15) is 5.41 Å². The molecule has 0 heterocycles. The topological polar surface area (TPSA) is 73.2 Å². The Kier molecular flexibility index (Phi) is 5.15. The fourth-order valence-electron chi connectivity index (χ4n) is 2.64. The maximum absolute atomic E-state index is 12.5. The molecule has 0 bridgehead atoms. The number of rotatable bonds is 3. The molecule has 5 heteroatoms. The Morgan fingerprint density at radius 2 is 1.80 bits per heavy atom. The van der Waals surface area contributed by atoms with E-state index in [0.717, 1.165) is 19.3 Å². The fourth-order valence-corrected chi connectivity index (χ4v) is 2.64. The predicted molar refractivity (Wildman–Crippen MR) is 76.7 cm³/mol. The van der Waals surface area contributed by atoms with Gasteiger partial charge in [-0.1, -0.05) is 19.3 Å². The zero-order valence-corrected chi connectivity index (χ0v) is 13.0. The van der Waals surface area contributed by atoms with Crippen LogP contribution in [0.2, 0.25) is 0 Å². The molecular formula is C15H25N3O2. The molecule has 1 fully saturated rings. The van der Waals surface area contributed by atoms with Gasteiger partial charge in [-0.05, 0) is 33.6 Å². The normalized spacial score (nSPS) is 17.9. The predicted octanol–water partition coefficient (Wildman–Crippen LogP) is 1.83. The minimum Gasteiger partial charge on any atom is -0.350 e. The van der Waals surface area contributed by atoms with Crippen molar-refractivity contribution in [1.29, 1.82) is 5.26 Å². The Hall–Kier alpha value is -1.57. The zero-order chi connectivity index (χ0) is 15.4. The molecule has 112 valence electrons. The van der Waals surface area contributed by atoms with Gasteiger partial charge >= 0.3 is 0 Å². The summed E-state index contributed by atoms with van der Waals surface area (Å²) in [4.78, 5) is 25.7. The minimum atomic E-state index is -0.922. The molecule has 1 aliphatic carbocycles. The van der Waals surface area contributed by atoms with Crippen LogP contribution in [-0.4, -0.2) is 35.8 Å². The number of amides is 2. The van der Waals surface area contributed by atoms with E-state index in [2.05, 4.69) is 11.4 Å². The number of hydrogen-bond acceptors (Lipinski definition) is 3. The van der Waals surface area contributed by atoms with Crippen LogP contribution < -0.4 is 5.32 Å². The lowest BCUT2D eigenvalue weighted by Gasteiger charge is -2.33. The van der Waals surface area contributed by atoms with Crippen molar-refractivity contribution in [3.05, 3.63) is 0 Å². The third kappa shape index (κ3) is 4.22. The van der Waals surface area contributed by atoms with Crippen LogP contribution in [0.25, 0.3) is 0 Å². The van der Waals surface area contributed by atoms with E-state index >= 15 is 0 Å². The number of nitrogens with zero attached hydrogens (tertiary/aromatic N) is 2. The average molecular weight is 279 g/mol. The average Bonchev–Trinajstić information content (AvgIpc) is 2.36. The van der Waals surface area contributed by atoms with Crippen molar-refractivity contribution in [2.24, 2.45) is 5.41 Å². The molecule has 0 aromatic rings. The number of likely N-dealkylation sites (N-methyl/N-ethyl adjacent to an activating group) is 1. The lowest BCUT2D eigenvalue weighted by atomic mass is 9.74. The molecule has 1 saturated carbocycles. The van der Waals surface area contributed by atoms with Crippen LogP contribution in [0.15, 0.2) is 0 Å². The number of hydrogen-bond donors (Lipinski definition) is 1. The van der Waals surface area contributed by atoms with Gasteiger partial charge < -0.3 is 10.2 Å². The second-order valence-corrected chi connectivity index (χ2v) is 6.71. The van der Waals surface area contributed by atoms with Crippen LogP contribution in [0.4, 0.5) is 0 Å². The summed E-state index contributed by atoms with van der Waals surface area (Å²) in [6, 6.07) is 2.20. The zero-order valence-electron chi connectivity index (χ0n) is 13.0. The molecule has 1 aliphatic rings. The Balaban J connectivity index is 2.67. The summed E-state index contributed by atoms with van der Waals surface area (Å²) in [5.41, 5.74) is -1.24. The van der Waals surface area contributed by atoms with Crippen molar-refractivity contribution in [2.75, 3.05) is 13.6 Å². The summed E-state index contributed by atoms with van der Waals surface area (Å²) in [7, 11) is 1.60. The first kappa shape index (κ1) is 16.5. The first-order valence-electron chi connectivity index (χ1n) is 7.18. The van der Waals surface area contributed by atoms with Gasteiger partial charge in [0.05, 0.1) is 12.6 Å². The Bertz CT molecular complexity index is 412. The van der Waals surface area contributed by atoms with Crippen LogP contribution in [0, 0.1) is 16.7 Å². The molecule has 0 unspecified atom stereocenters. The molecular weight excluding hydrogens is 254 g/mol. The molecule has 2 amide bonds. The van der Waals surface area contributed by atoms with E-state index in [0.29, 0.717) is 12.8 Å². The molecule has 0 aromatic heterocycles. The maximum atomic E-state index is 12.5. The molecule has 0 spiro atoms. The number of carbonyl (C=O) groups excluding carboxylic acids is 2. The summed E-state index contributed by atoms with van der Waals surface area (Å²) in [6.45, 7) is 5.68. The first-order chi connectivity index (χ1) is 9.20. The van der Waals surface area contributed by atoms with Crippen molar-refractivity contribution in [2.45, 2.75) is 58.4 Å². The van der Waals surface area contributed by atoms with Crippen molar-refractivity contribution < 1.29 is 9.59 Å². The highest BCUT2D eigenvalue weighted by Gasteiger charge is 2.41. The summed E-state index contributed by atoms with van der Waals surface area (Å²) < 4.78 is 0. The lowest BCUT2D eigenvalue weighted by Crippen LogP contribution is -2.49. The van der Waals surface area contributed by atoms with Crippen LogP contribution in [0.3, 0.4) is 0 Å². The molecule has 1 rings (SSSR count). The molecule has 20 heavy (non-hydrogen) atoms. The molecule has 0 atom stereocenters. The van der Waals surface area contributed by atoms with Crippen molar-refractivity contribution >= 4 is 11.8 Å². The SMILES string of the molecule is CN(CC(=O)NC(C)(C)C)C(=O)C1(C#N)CCCCC1. The van der Waals surface area contributed by atoms with Crippen LogP contribution in [-0.2, 0) is 9.59 Å². The van der Waals surface area contributed by atoms with Crippen LogP contribution in [0.5, 0.6) is 0 Å². The fraction of sp³-hybridized carbons (Fsp3) is 0.800. The monoisotopic (exact) mass is 279 g/mol. The third-order valence-corrected chi connectivity index (χ3v) is 3.57. The van der Waals surface area contributed by atoms with Crippen LogP contribution in [0.1, 0.15) is 52.9 Å². The van der Waals surface area contributed by atoms with Gasteiger partial charge in [-0.25, -0.2) is 0 Å². The highest BCUT2D eigenvalue weighted by molar-refractivity contribution is 5.89. The summed E-state index contributed by atoms with van der Waals surface area (Å²) >= 11 is 0. The van der Waals surface area contributed by atoms with E-state index in [-0.39, 0.29) is 23.9 Å². The van der Waals surface area contributed by atoms with E-state index in [1.807, 2.05) is 20.8 Å². The van der Waals surface area contributed by atoms with Gasteiger partial charge in [-0.2, -0.15) is 5.26 Å². The summed E-state index contributed by atoms with van der Waals surface area (Å²) in [5.74, 6) is -0.416. The maximum Gasteiger partial charge on any atom is 0.243 e. The van der Waals surface area contributed by atoms with E-state index < -0.39 is 5.41 Å². The van der Waals surface area contributed by atoms with Crippen molar-refractivity contribution in [3.8, 4) is 6.07 Å². The van der Waals surface area contributed by atoms with Crippen LogP contribution >= 0.6 is 0 Å². The second-order valence-electron chi connectivity index (χ2n) is 6.71. The van der Waals surface area contributed by atoms with E-state index in [1.165, 1.54) is 4.90 Å². The Morgan fingerprint density at radius 1 is 1.25 bits per heavy atom. The van der Waals surface area contributed by atoms with E-state index in [4.69, 9.17) is 0 Å². The van der Waals surface area contributed by atoms with E-state index in [9.17, 15) is 14.9 Å². The quantitative estimate of drug-likeness (QED) is 0.856. The second kappa shape index (κ2) is 6.25. The first-order valence-corrected chi connectivity index (χ1v) is 7.18. The smallest absolute Gasteiger partial charge is 0.243 e. The largest absolute Gasteiger partial charge is 0.350 e. The van der Waals surface area contributed by atoms with Gasteiger partial charge in [0.2, 0.25) is 11.8 Å². The summed E-state index contributed by atoms with van der Waals surface area (Å²) in [5, 5.41) is 12.2. The van der Waals surface area contributed by atoms with Crippen molar-refractivity contribution in [3.63, 3.8) is 0 Å². The highest BCUT2D eigenvalue weighted by Crippen LogP contribution is 2.37. The number of carbonyl (C=O) groups is 2. The number of nitrogens with one attached hydrogen (secondary N) is 1. The summed E-state index contributed by atoms with van der Waals surface area (Å²) in [6.07, 6.45) is 4.09. The lowest BCUT2D eigenvalue weighted by molar-refractivity contribution is -0.142. The van der Waals surface area contributed by atoms with Gasteiger partial charge in [-0.15, -0.1) is 0 Å². The Morgan fingerprint density at radius 3 is 2.25 bits per heavy atom. The van der Waals surface area contributed by atoms with Gasteiger partial charge in [0.25, 0.3) is 0 Å². The van der Waals surface area contributed by atoms with Gasteiger partial charge in [0, 0.05) is 12.6 Å². The molecule has 0 aliphatic heterocycles. The minimum absolute atomic E-state index is 0.000463. The van der Waals surface area contributed by atoms with Gasteiger partial charge in [0.15, 0.2) is 0 Å².